The van der Waals surface area contributed by atoms with Gasteiger partial charge in [0, 0.05) is 12.6 Å². The third-order valence-corrected chi connectivity index (χ3v) is 3.33. The van der Waals surface area contributed by atoms with Gasteiger partial charge in [0.25, 0.3) is 5.91 Å². The molecule has 0 aliphatic heterocycles. The Morgan fingerprint density at radius 3 is 2.38 bits per heavy atom. The van der Waals surface area contributed by atoms with E-state index in [1.165, 1.54) is 18.0 Å². The minimum atomic E-state index is -4.64. The molecule has 1 amide bonds. The highest BCUT2D eigenvalue weighted by molar-refractivity contribution is 5.95. The minimum absolute atomic E-state index is 0.134. The fraction of sp³-hybridized carbons (Fsp3) is 0.462. The summed E-state index contributed by atoms with van der Waals surface area (Å²) in [6.45, 7) is 2.89. The van der Waals surface area contributed by atoms with E-state index in [-0.39, 0.29) is 17.9 Å². The van der Waals surface area contributed by atoms with E-state index in [1.807, 2.05) is 5.43 Å². The molecule has 0 radical (unpaired) electrons. The molecule has 0 bridgehead atoms. The van der Waals surface area contributed by atoms with Crippen molar-refractivity contribution in [1.29, 1.82) is 0 Å². The second-order valence-corrected chi connectivity index (χ2v) is 5.24. The van der Waals surface area contributed by atoms with Gasteiger partial charge in [-0.3, -0.25) is 10.6 Å². The van der Waals surface area contributed by atoms with Crippen molar-refractivity contribution in [1.82, 2.24) is 4.90 Å². The van der Waals surface area contributed by atoms with Crippen molar-refractivity contribution in [3.05, 3.63) is 29.3 Å². The molecule has 0 aliphatic carbocycles. The molecular formula is C13H18F3N3O2. The summed E-state index contributed by atoms with van der Waals surface area (Å²) in [6.07, 6.45) is -4.64. The number of hydrogen-bond donors (Lipinski definition) is 3. The van der Waals surface area contributed by atoms with Crippen molar-refractivity contribution >= 4 is 11.6 Å². The van der Waals surface area contributed by atoms with Gasteiger partial charge in [-0.2, -0.15) is 13.2 Å². The molecule has 0 spiro atoms. The van der Waals surface area contributed by atoms with Crippen LogP contribution in [0.15, 0.2) is 18.2 Å². The van der Waals surface area contributed by atoms with Gasteiger partial charge in [0.15, 0.2) is 0 Å². The van der Waals surface area contributed by atoms with Crippen LogP contribution in [0, 0.1) is 0 Å². The first-order valence-corrected chi connectivity index (χ1v) is 6.11. The molecule has 0 aliphatic rings. The molecule has 4 N–H and O–H groups in total. The van der Waals surface area contributed by atoms with E-state index in [0.29, 0.717) is 0 Å². The fourth-order valence-corrected chi connectivity index (χ4v) is 1.61. The lowest BCUT2D eigenvalue weighted by Crippen LogP contribution is -2.47. The van der Waals surface area contributed by atoms with Gasteiger partial charge in [-0.1, -0.05) is 0 Å². The summed E-state index contributed by atoms with van der Waals surface area (Å²) >= 11 is 0. The second kappa shape index (κ2) is 5.90. The highest BCUT2D eigenvalue weighted by Gasteiger charge is 2.35. The number of anilines is 1. The van der Waals surface area contributed by atoms with Gasteiger partial charge in [0.2, 0.25) is 0 Å². The molecule has 0 fully saturated rings. The van der Waals surface area contributed by atoms with E-state index in [1.54, 1.807) is 13.8 Å². The first-order chi connectivity index (χ1) is 9.54. The van der Waals surface area contributed by atoms with Gasteiger partial charge in [-0.15, -0.1) is 0 Å². The van der Waals surface area contributed by atoms with E-state index >= 15 is 0 Å². The van der Waals surface area contributed by atoms with Crippen molar-refractivity contribution in [2.75, 3.05) is 19.1 Å². The van der Waals surface area contributed by atoms with Crippen LogP contribution in [0.2, 0.25) is 0 Å². The highest BCUT2D eigenvalue weighted by atomic mass is 19.4. The molecule has 0 saturated heterocycles. The largest absolute Gasteiger partial charge is 0.418 e. The van der Waals surface area contributed by atoms with Crippen molar-refractivity contribution in [2.45, 2.75) is 25.6 Å². The number of halogens is 3. The molecule has 0 aromatic heterocycles. The number of carbonyl (C=O) groups excluding carboxylic acids is 1. The summed E-state index contributed by atoms with van der Waals surface area (Å²) in [4.78, 5) is 13.4. The second-order valence-electron chi connectivity index (χ2n) is 5.24. The summed E-state index contributed by atoms with van der Waals surface area (Å²) < 4.78 is 38.8. The Balaban J connectivity index is 3.24. The van der Waals surface area contributed by atoms with Gasteiger partial charge in [-0.05, 0) is 32.0 Å². The Morgan fingerprint density at radius 2 is 1.95 bits per heavy atom. The van der Waals surface area contributed by atoms with Crippen LogP contribution in [-0.2, 0) is 6.18 Å². The third-order valence-electron chi connectivity index (χ3n) is 3.33. The van der Waals surface area contributed by atoms with E-state index in [9.17, 15) is 23.1 Å². The zero-order valence-electron chi connectivity index (χ0n) is 12.0. The van der Waals surface area contributed by atoms with Crippen molar-refractivity contribution in [3.63, 3.8) is 0 Å². The molecule has 8 heteroatoms. The molecule has 21 heavy (non-hydrogen) atoms. The molecule has 5 nitrogen and oxygen atoms in total. The Kier molecular flexibility index (Phi) is 4.85. The van der Waals surface area contributed by atoms with Crippen LogP contribution < -0.4 is 11.3 Å². The van der Waals surface area contributed by atoms with Crippen LogP contribution in [0.3, 0.4) is 0 Å². The number of hydrogen-bond acceptors (Lipinski definition) is 4. The van der Waals surface area contributed by atoms with Gasteiger partial charge < -0.3 is 15.4 Å². The number of aliphatic hydroxyl groups is 1. The molecule has 1 aromatic carbocycles. The molecule has 0 atom stereocenters. The topological polar surface area (TPSA) is 78.6 Å². The summed E-state index contributed by atoms with van der Waals surface area (Å²) in [5, 5.41) is 9.23. The predicted octanol–water partition coefficient (Wildman–Crippen LogP) is 1.83. The SMILES string of the molecule is CN(C(=O)c1ccc(NN)c(C(F)(F)F)c1)C(C)(C)CO. The molecule has 118 valence electrons. The molecule has 0 heterocycles. The molecule has 0 unspecified atom stereocenters. The number of amides is 1. The van der Waals surface area contributed by atoms with Crippen LogP contribution in [0.4, 0.5) is 18.9 Å². The number of hydrazine groups is 1. The third kappa shape index (κ3) is 3.64. The average Bonchev–Trinajstić information content (AvgIpc) is 2.43. The molecule has 1 rings (SSSR count). The average molecular weight is 305 g/mol. The number of rotatable bonds is 4. The van der Waals surface area contributed by atoms with Crippen LogP contribution in [0.1, 0.15) is 29.8 Å². The Labute approximate surface area is 120 Å². The minimum Gasteiger partial charge on any atom is -0.394 e. The normalized spacial score (nSPS) is 12.2. The Hall–Kier alpha value is -1.80. The maximum absolute atomic E-state index is 12.9. The number of nitrogens with two attached hydrogens (primary N) is 1. The summed E-state index contributed by atoms with van der Waals surface area (Å²) in [5.41, 5.74) is -0.407. The lowest BCUT2D eigenvalue weighted by molar-refractivity contribution is -0.137. The fourth-order valence-electron chi connectivity index (χ4n) is 1.61. The van der Waals surface area contributed by atoms with Gasteiger partial charge in [0.1, 0.15) is 0 Å². The summed E-state index contributed by atoms with van der Waals surface area (Å²) in [7, 11) is 1.42. The van der Waals surface area contributed by atoms with Gasteiger partial charge in [0.05, 0.1) is 23.4 Å². The smallest absolute Gasteiger partial charge is 0.394 e. The molecule has 1 aromatic rings. The van der Waals surface area contributed by atoms with Gasteiger partial charge in [-0.25, -0.2) is 0 Å². The standard InChI is InChI=1S/C13H18F3N3O2/c1-12(2,7-20)19(3)11(21)8-4-5-10(18-17)9(6-8)13(14,15)16/h4-6,18,20H,7,17H2,1-3H3. The zero-order chi connectivity index (χ0) is 16.4. The predicted molar refractivity (Wildman–Crippen MR) is 72.5 cm³/mol. The Bertz CT molecular complexity index is 530. The highest BCUT2D eigenvalue weighted by Crippen LogP contribution is 2.35. The Morgan fingerprint density at radius 1 is 1.38 bits per heavy atom. The quantitative estimate of drug-likeness (QED) is 0.586. The summed E-state index contributed by atoms with van der Waals surface area (Å²) in [5.74, 6) is 4.42. The van der Waals surface area contributed by atoms with Crippen LogP contribution >= 0.6 is 0 Å². The van der Waals surface area contributed by atoms with E-state index in [0.717, 1.165) is 12.1 Å². The monoisotopic (exact) mass is 305 g/mol. The first kappa shape index (κ1) is 17.3. The van der Waals surface area contributed by atoms with Gasteiger partial charge >= 0.3 is 6.18 Å². The van der Waals surface area contributed by atoms with E-state index < -0.39 is 23.2 Å². The zero-order valence-corrected chi connectivity index (χ0v) is 12.0. The number of carbonyl (C=O) groups is 1. The molecular weight excluding hydrogens is 287 g/mol. The first-order valence-electron chi connectivity index (χ1n) is 6.11. The number of nitrogens with one attached hydrogen (secondary N) is 1. The van der Waals surface area contributed by atoms with Crippen molar-refractivity contribution in [3.8, 4) is 0 Å². The number of benzene rings is 1. The number of likely N-dealkylation sites (N-methyl/N-ethyl adjacent to an activating group) is 1. The van der Waals surface area contributed by atoms with Crippen molar-refractivity contribution in [2.24, 2.45) is 5.84 Å². The van der Waals surface area contributed by atoms with Crippen LogP contribution in [0.25, 0.3) is 0 Å². The number of nitrogens with zero attached hydrogens (tertiary/aromatic N) is 1. The number of nitrogen functional groups attached to an aromatic ring is 1. The number of alkyl halides is 3. The van der Waals surface area contributed by atoms with E-state index in [2.05, 4.69) is 0 Å². The lowest BCUT2D eigenvalue weighted by atomic mass is 10.0. The van der Waals surface area contributed by atoms with Crippen molar-refractivity contribution < 1.29 is 23.1 Å². The van der Waals surface area contributed by atoms with Crippen LogP contribution in [-0.4, -0.2) is 35.1 Å². The maximum atomic E-state index is 12.9. The summed E-state index contributed by atoms with van der Waals surface area (Å²) in [6, 6.07) is 3.08. The van der Waals surface area contributed by atoms with Crippen LogP contribution in [0.5, 0.6) is 0 Å². The lowest BCUT2D eigenvalue weighted by Gasteiger charge is -2.34. The molecule has 0 saturated carbocycles. The maximum Gasteiger partial charge on any atom is 0.418 e. The number of aliphatic hydroxyl groups excluding tert-OH is 1. The van der Waals surface area contributed by atoms with E-state index in [4.69, 9.17) is 5.84 Å².